The van der Waals surface area contributed by atoms with E-state index in [0.29, 0.717) is 35.1 Å². The molecule has 1 saturated heterocycles. The molecule has 1 aromatic carbocycles. The first-order valence-electron chi connectivity index (χ1n) is 10.6. The molecule has 1 fully saturated rings. The maximum atomic E-state index is 13.4. The van der Waals surface area contributed by atoms with Crippen LogP contribution in [-0.2, 0) is 13.6 Å². The monoisotopic (exact) mass is 440 g/mol. The molecular formula is C22H25ClN6O2. The molecule has 4 aromatic rings. The summed E-state index contributed by atoms with van der Waals surface area (Å²) in [4.78, 5) is 33.4. The molecule has 1 aliphatic rings. The Morgan fingerprint density at radius 3 is 2.45 bits per heavy atom. The minimum atomic E-state index is -0.329. The maximum Gasteiger partial charge on any atom is 0.332 e. The third-order valence-electron chi connectivity index (χ3n) is 6.20. The van der Waals surface area contributed by atoms with Gasteiger partial charge in [0.25, 0.3) is 5.56 Å². The molecule has 3 aromatic heterocycles. The summed E-state index contributed by atoms with van der Waals surface area (Å²) in [5, 5.41) is 0.650. The average molecular weight is 441 g/mol. The van der Waals surface area contributed by atoms with Crippen molar-refractivity contribution in [2.45, 2.75) is 32.7 Å². The maximum absolute atomic E-state index is 13.4. The number of likely N-dealkylation sites (tertiary alicyclic amines) is 1. The highest BCUT2D eigenvalue weighted by Gasteiger charge is 2.21. The lowest BCUT2D eigenvalue weighted by molar-refractivity contribution is 0.218. The predicted octanol–water partition coefficient (Wildman–Crippen LogP) is 2.59. The van der Waals surface area contributed by atoms with Crippen molar-refractivity contribution in [2.24, 2.45) is 7.05 Å². The first-order chi connectivity index (χ1) is 15.0. The van der Waals surface area contributed by atoms with E-state index in [1.54, 1.807) is 11.4 Å². The molecule has 0 N–H and O–H groups in total. The number of benzene rings is 1. The molecule has 4 heterocycles. The molecule has 5 rings (SSSR count). The molecule has 9 heteroatoms. The Morgan fingerprint density at radius 2 is 1.74 bits per heavy atom. The van der Waals surface area contributed by atoms with Crippen molar-refractivity contribution >= 4 is 28.5 Å². The van der Waals surface area contributed by atoms with Crippen molar-refractivity contribution in [1.29, 1.82) is 0 Å². The summed E-state index contributed by atoms with van der Waals surface area (Å²) in [6.07, 6.45) is 5.49. The Labute approximate surface area is 183 Å². The molecule has 0 aliphatic carbocycles. The van der Waals surface area contributed by atoms with E-state index in [2.05, 4.69) is 9.88 Å². The summed E-state index contributed by atoms with van der Waals surface area (Å²) in [6.45, 7) is 5.10. The van der Waals surface area contributed by atoms with Crippen LogP contribution in [0.5, 0.6) is 0 Å². The number of hydrogen-bond donors (Lipinski definition) is 0. The van der Waals surface area contributed by atoms with Crippen LogP contribution in [0.15, 0.2) is 40.1 Å². The molecule has 31 heavy (non-hydrogen) atoms. The summed E-state index contributed by atoms with van der Waals surface area (Å²) in [6, 6.07) is 7.45. The lowest BCUT2D eigenvalue weighted by Gasteiger charge is -2.26. The van der Waals surface area contributed by atoms with Crippen LogP contribution in [0.2, 0.25) is 5.02 Å². The van der Waals surface area contributed by atoms with Crippen LogP contribution >= 0.6 is 11.6 Å². The quantitative estimate of drug-likeness (QED) is 0.489. The van der Waals surface area contributed by atoms with Crippen LogP contribution in [0, 0.1) is 6.92 Å². The van der Waals surface area contributed by atoms with Crippen LogP contribution < -0.4 is 11.2 Å². The number of fused-ring (bicyclic) bond motifs is 3. The smallest absolute Gasteiger partial charge is 0.302 e. The molecular weight excluding hydrogens is 416 g/mol. The van der Waals surface area contributed by atoms with E-state index in [1.807, 2.05) is 42.0 Å². The highest BCUT2D eigenvalue weighted by Crippen LogP contribution is 2.22. The lowest BCUT2D eigenvalue weighted by Crippen LogP contribution is -2.43. The van der Waals surface area contributed by atoms with Gasteiger partial charge in [0.05, 0.1) is 0 Å². The summed E-state index contributed by atoms with van der Waals surface area (Å²) in [5.41, 5.74) is 2.01. The number of piperidine rings is 1. The second-order valence-electron chi connectivity index (χ2n) is 8.24. The SMILES string of the molecule is Cc1cn2c3c(=O)n(CCN4CCCCC4)c(=O)n(C)c3nc2n1-c1ccc(Cl)cc1. The Kier molecular flexibility index (Phi) is 4.98. The number of aryl methyl sites for hydroxylation is 2. The van der Waals surface area contributed by atoms with Gasteiger partial charge in [-0.15, -0.1) is 0 Å². The van der Waals surface area contributed by atoms with E-state index < -0.39 is 0 Å². The van der Waals surface area contributed by atoms with E-state index in [0.717, 1.165) is 24.5 Å². The van der Waals surface area contributed by atoms with Crippen LogP contribution in [0.4, 0.5) is 0 Å². The molecule has 1 aliphatic heterocycles. The van der Waals surface area contributed by atoms with Gasteiger partial charge in [-0.3, -0.25) is 22.9 Å². The molecule has 8 nitrogen and oxygen atoms in total. The number of nitrogens with zero attached hydrogens (tertiary/aromatic N) is 6. The van der Waals surface area contributed by atoms with E-state index >= 15 is 0 Å². The molecule has 0 spiro atoms. The van der Waals surface area contributed by atoms with Crippen molar-refractivity contribution in [3.05, 3.63) is 62.0 Å². The third kappa shape index (κ3) is 3.30. The zero-order valence-corrected chi connectivity index (χ0v) is 18.5. The zero-order valence-electron chi connectivity index (χ0n) is 17.7. The van der Waals surface area contributed by atoms with Gasteiger partial charge in [0.1, 0.15) is 0 Å². The molecule has 0 radical (unpaired) electrons. The highest BCUT2D eigenvalue weighted by atomic mass is 35.5. The first kappa shape index (κ1) is 20.1. The van der Waals surface area contributed by atoms with Gasteiger partial charge in [-0.2, -0.15) is 4.98 Å². The van der Waals surface area contributed by atoms with Gasteiger partial charge >= 0.3 is 5.69 Å². The van der Waals surface area contributed by atoms with E-state index in [-0.39, 0.29) is 11.2 Å². The van der Waals surface area contributed by atoms with Gasteiger partial charge in [-0.05, 0) is 57.1 Å². The van der Waals surface area contributed by atoms with E-state index in [9.17, 15) is 9.59 Å². The Bertz CT molecular complexity index is 1390. The number of halogens is 1. The average Bonchev–Trinajstić information content (AvgIpc) is 3.28. The fourth-order valence-electron chi connectivity index (χ4n) is 4.54. The molecule has 0 unspecified atom stereocenters. The summed E-state index contributed by atoms with van der Waals surface area (Å²) in [5.74, 6) is 0.593. The molecule has 0 atom stereocenters. The zero-order chi connectivity index (χ0) is 21.7. The van der Waals surface area contributed by atoms with Gasteiger partial charge in [-0.1, -0.05) is 18.0 Å². The third-order valence-corrected chi connectivity index (χ3v) is 6.45. The van der Waals surface area contributed by atoms with Gasteiger partial charge in [0.15, 0.2) is 11.2 Å². The van der Waals surface area contributed by atoms with Crippen molar-refractivity contribution in [3.8, 4) is 5.69 Å². The van der Waals surface area contributed by atoms with Crippen LogP contribution in [0.25, 0.3) is 22.6 Å². The summed E-state index contributed by atoms with van der Waals surface area (Å²) >= 11 is 6.04. The van der Waals surface area contributed by atoms with E-state index in [4.69, 9.17) is 11.6 Å². The Hall–Kier alpha value is -2.84. The van der Waals surface area contributed by atoms with Gasteiger partial charge in [0.2, 0.25) is 5.78 Å². The van der Waals surface area contributed by atoms with Crippen molar-refractivity contribution < 1.29 is 0 Å². The minimum absolute atomic E-state index is 0.295. The summed E-state index contributed by atoms with van der Waals surface area (Å²) < 4.78 is 6.57. The number of rotatable bonds is 4. The Balaban J connectivity index is 1.66. The largest absolute Gasteiger partial charge is 0.332 e. The van der Waals surface area contributed by atoms with E-state index in [1.165, 1.54) is 28.4 Å². The van der Waals surface area contributed by atoms with Crippen molar-refractivity contribution in [2.75, 3.05) is 19.6 Å². The van der Waals surface area contributed by atoms with Gasteiger partial charge < -0.3 is 4.90 Å². The fraction of sp³-hybridized carbons (Fsp3) is 0.409. The van der Waals surface area contributed by atoms with Gasteiger partial charge in [-0.25, -0.2) is 4.79 Å². The lowest BCUT2D eigenvalue weighted by atomic mass is 10.1. The topological polar surface area (TPSA) is 69.5 Å². The van der Waals surface area contributed by atoms with Crippen LogP contribution in [0.3, 0.4) is 0 Å². The Morgan fingerprint density at radius 1 is 1.03 bits per heavy atom. The predicted molar refractivity (Wildman–Crippen MR) is 122 cm³/mol. The number of imidazole rings is 2. The number of hydrogen-bond acceptors (Lipinski definition) is 4. The molecule has 0 saturated carbocycles. The van der Waals surface area contributed by atoms with Gasteiger partial charge in [0, 0.05) is 42.7 Å². The van der Waals surface area contributed by atoms with Crippen LogP contribution in [-0.4, -0.2) is 47.6 Å². The van der Waals surface area contributed by atoms with Crippen LogP contribution in [0.1, 0.15) is 25.0 Å². The molecule has 0 amide bonds. The first-order valence-corrected chi connectivity index (χ1v) is 11.0. The highest BCUT2D eigenvalue weighted by molar-refractivity contribution is 6.30. The minimum Gasteiger partial charge on any atom is -0.302 e. The summed E-state index contributed by atoms with van der Waals surface area (Å²) in [7, 11) is 1.67. The van der Waals surface area contributed by atoms with Crippen molar-refractivity contribution in [3.63, 3.8) is 0 Å². The molecule has 0 bridgehead atoms. The molecule has 162 valence electrons. The standard InChI is InChI=1S/C22H25ClN6O2/c1-15-14-28-18-19(24-21(28)29(15)17-8-6-16(23)7-9-17)25(2)22(31)27(20(18)30)13-12-26-10-4-3-5-11-26/h6-9,14H,3-5,10-13H2,1-2H3. The second kappa shape index (κ2) is 7.69. The number of aromatic nitrogens is 5. The van der Waals surface area contributed by atoms with Crippen molar-refractivity contribution in [1.82, 2.24) is 28.0 Å². The second-order valence-corrected chi connectivity index (χ2v) is 8.67. The fourth-order valence-corrected chi connectivity index (χ4v) is 4.67. The normalized spacial score (nSPS) is 15.3.